The third-order valence-electron chi connectivity index (χ3n) is 1.90. The summed E-state index contributed by atoms with van der Waals surface area (Å²) >= 11 is 0. The van der Waals surface area contributed by atoms with E-state index < -0.39 is 23.9 Å². The molecule has 62 valence electrons. The average molecular weight is 159 g/mol. The highest BCUT2D eigenvalue weighted by Crippen LogP contribution is 2.40. The van der Waals surface area contributed by atoms with Crippen molar-refractivity contribution < 1.29 is 19.8 Å². The third kappa shape index (κ3) is 1.48. The second-order valence-electron chi connectivity index (χ2n) is 2.71. The van der Waals surface area contributed by atoms with Crippen LogP contribution in [0.1, 0.15) is 6.42 Å². The molecule has 1 rings (SSSR count). The minimum atomic E-state index is -1.13. The number of rotatable bonds is 3. The highest BCUT2D eigenvalue weighted by molar-refractivity contribution is 5.79. The zero-order valence-corrected chi connectivity index (χ0v) is 5.73. The molecule has 11 heavy (non-hydrogen) atoms. The summed E-state index contributed by atoms with van der Waals surface area (Å²) in [6.07, 6.45) is 0.392. The zero-order chi connectivity index (χ0) is 8.59. The van der Waals surface area contributed by atoms with Crippen molar-refractivity contribution in [3.8, 4) is 0 Å². The quantitative estimate of drug-likeness (QED) is 0.496. The Morgan fingerprint density at radius 3 is 2.27 bits per heavy atom. The van der Waals surface area contributed by atoms with Crippen molar-refractivity contribution in [1.82, 2.24) is 0 Å². The molecule has 0 spiro atoms. The van der Waals surface area contributed by atoms with E-state index >= 15 is 0 Å². The van der Waals surface area contributed by atoms with Gasteiger partial charge in [-0.05, 0) is 12.3 Å². The van der Waals surface area contributed by atoms with Crippen LogP contribution in [-0.4, -0.2) is 28.2 Å². The van der Waals surface area contributed by atoms with Crippen LogP contribution in [0.2, 0.25) is 0 Å². The smallest absolute Gasteiger partial charge is 0.320 e. The summed E-state index contributed by atoms with van der Waals surface area (Å²) in [5.41, 5.74) is 5.19. The number of carboxylic acid groups (broad SMARTS) is 2. The highest BCUT2D eigenvalue weighted by Gasteiger charge is 2.49. The first-order valence-corrected chi connectivity index (χ1v) is 3.25. The first-order valence-electron chi connectivity index (χ1n) is 3.25. The van der Waals surface area contributed by atoms with Crippen LogP contribution >= 0.6 is 0 Å². The molecule has 0 amide bonds. The SMILES string of the molecule is N[C@H](C(=O)O)[C@@H]1CC1C(=O)O. The lowest BCUT2D eigenvalue weighted by Gasteiger charge is -2.01. The van der Waals surface area contributed by atoms with Crippen LogP contribution in [0, 0.1) is 11.8 Å². The van der Waals surface area contributed by atoms with E-state index in [0.717, 1.165) is 0 Å². The lowest BCUT2D eigenvalue weighted by molar-refractivity contribution is -0.140. The molecule has 5 nitrogen and oxygen atoms in total. The number of carboxylic acids is 2. The lowest BCUT2D eigenvalue weighted by Crippen LogP contribution is -2.33. The molecule has 0 aliphatic heterocycles. The van der Waals surface area contributed by atoms with Gasteiger partial charge in [0.25, 0.3) is 0 Å². The topological polar surface area (TPSA) is 101 Å². The van der Waals surface area contributed by atoms with Gasteiger partial charge in [-0.25, -0.2) is 0 Å². The Hall–Kier alpha value is -1.10. The van der Waals surface area contributed by atoms with Gasteiger partial charge in [-0.1, -0.05) is 0 Å². The number of aliphatic carboxylic acids is 2. The molecule has 0 aromatic heterocycles. The van der Waals surface area contributed by atoms with E-state index in [2.05, 4.69) is 0 Å². The van der Waals surface area contributed by atoms with Gasteiger partial charge in [0.05, 0.1) is 5.92 Å². The van der Waals surface area contributed by atoms with Crippen molar-refractivity contribution in [1.29, 1.82) is 0 Å². The van der Waals surface area contributed by atoms with Gasteiger partial charge in [-0.2, -0.15) is 0 Å². The number of carbonyl (C=O) groups is 2. The molecule has 4 N–H and O–H groups in total. The molecule has 1 saturated carbocycles. The summed E-state index contributed by atoms with van der Waals surface area (Å²) in [4.78, 5) is 20.5. The van der Waals surface area contributed by atoms with Gasteiger partial charge >= 0.3 is 11.9 Å². The monoisotopic (exact) mass is 159 g/mol. The van der Waals surface area contributed by atoms with E-state index in [-0.39, 0.29) is 5.92 Å². The van der Waals surface area contributed by atoms with E-state index in [0.29, 0.717) is 6.42 Å². The van der Waals surface area contributed by atoms with Crippen LogP contribution in [0.3, 0.4) is 0 Å². The van der Waals surface area contributed by atoms with Crippen LogP contribution in [0.25, 0.3) is 0 Å². The van der Waals surface area contributed by atoms with Crippen LogP contribution in [0.4, 0.5) is 0 Å². The largest absolute Gasteiger partial charge is 0.481 e. The molecule has 5 heteroatoms. The van der Waals surface area contributed by atoms with Gasteiger partial charge in [0, 0.05) is 0 Å². The third-order valence-corrected chi connectivity index (χ3v) is 1.90. The average Bonchev–Trinajstić information content (AvgIpc) is 2.63. The molecule has 0 aromatic carbocycles. The summed E-state index contributed by atoms with van der Waals surface area (Å²) in [7, 11) is 0. The number of nitrogens with two attached hydrogens (primary N) is 1. The van der Waals surface area contributed by atoms with Crippen LogP contribution in [0.5, 0.6) is 0 Å². The molecule has 3 atom stereocenters. The van der Waals surface area contributed by atoms with E-state index in [9.17, 15) is 9.59 Å². The van der Waals surface area contributed by atoms with Crippen LogP contribution in [0.15, 0.2) is 0 Å². The maximum Gasteiger partial charge on any atom is 0.320 e. The number of hydrogen-bond acceptors (Lipinski definition) is 3. The predicted molar refractivity (Wildman–Crippen MR) is 34.8 cm³/mol. The minimum absolute atomic E-state index is 0.370. The maximum absolute atomic E-state index is 10.3. The molecule has 1 fully saturated rings. The second-order valence-corrected chi connectivity index (χ2v) is 2.71. The van der Waals surface area contributed by atoms with Crippen LogP contribution < -0.4 is 5.73 Å². The van der Waals surface area contributed by atoms with Gasteiger partial charge in [0.2, 0.25) is 0 Å². The summed E-state index contributed by atoms with van der Waals surface area (Å²) in [6, 6.07) is -1.02. The first kappa shape index (κ1) is 8.00. The standard InChI is InChI=1S/C6H9NO4/c7-4(6(10)11)2-1-3(2)5(8)9/h2-4H,1,7H2,(H,8,9)(H,10,11)/t2-,3?,4+/m1/s1. The molecule has 1 unspecified atom stereocenters. The summed E-state index contributed by atoms with van der Waals surface area (Å²) in [6.45, 7) is 0. The first-order chi connectivity index (χ1) is 5.04. The van der Waals surface area contributed by atoms with Gasteiger partial charge in [-0.15, -0.1) is 0 Å². The van der Waals surface area contributed by atoms with E-state index in [4.69, 9.17) is 15.9 Å². The van der Waals surface area contributed by atoms with Gasteiger partial charge in [0.1, 0.15) is 6.04 Å². The highest BCUT2D eigenvalue weighted by atomic mass is 16.4. The Balaban J connectivity index is 2.43. The van der Waals surface area contributed by atoms with Crippen molar-refractivity contribution in [2.45, 2.75) is 12.5 Å². The zero-order valence-electron chi connectivity index (χ0n) is 5.73. The van der Waals surface area contributed by atoms with Crippen molar-refractivity contribution in [2.24, 2.45) is 17.6 Å². The van der Waals surface area contributed by atoms with Gasteiger partial charge < -0.3 is 15.9 Å². The normalized spacial score (nSPS) is 31.0. The fraction of sp³-hybridized carbons (Fsp3) is 0.667. The molecule has 0 heterocycles. The molecule has 0 bridgehead atoms. The molecular formula is C6H9NO4. The van der Waals surface area contributed by atoms with Gasteiger partial charge in [0.15, 0.2) is 0 Å². The van der Waals surface area contributed by atoms with E-state index in [1.165, 1.54) is 0 Å². The molecular weight excluding hydrogens is 150 g/mol. The molecule has 0 saturated heterocycles. The summed E-state index contributed by atoms with van der Waals surface area (Å²) < 4.78 is 0. The fourth-order valence-corrected chi connectivity index (χ4v) is 1.08. The van der Waals surface area contributed by atoms with Gasteiger partial charge in [-0.3, -0.25) is 9.59 Å². The Morgan fingerprint density at radius 2 is 2.00 bits per heavy atom. The predicted octanol–water partition coefficient (Wildman–Crippen LogP) is -0.881. The Kier molecular flexibility index (Phi) is 1.82. The van der Waals surface area contributed by atoms with E-state index in [1.807, 2.05) is 0 Å². The van der Waals surface area contributed by atoms with Crippen molar-refractivity contribution >= 4 is 11.9 Å². The van der Waals surface area contributed by atoms with Crippen molar-refractivity contribution in [3.63, 3.8) is 0 Å². The minimum Gasteiger partial charge on any atom is -0.481 e. The van der Waals surface area contributed by atoms with Crippen molar-refractivity contribution in [2.75, 3.05) is 0 Å². The molecule has 1 aliphatic rings. The lowest BCUT2D eigenvalue weighted by atomic mass is 10.1. The van der Waals surface area contributed by atoms with E-state index in [1.54, 1.807) is 0 Å². The number of hydrogen-bond donors (Lipinski definition) is 3. The summed E-state index contributed by atoms with van der Waals surface area (Å²) in [5, 5.41) is 16.8. The summed E-state index contributed by atoms with van der Waals surface area (Å²) in [5.74, 6) is -2.99. The Morgan fingerprint density at radius 1 is 1.45 bits per heavy atom. The van der Waals surface area contributed by atoms with Crippen molar-refractivity contribution in [3.05, 3.63) is 0 Å². The molecule has 0 radical (unpaired) electrons. The molecule has 1 aliphatic carbocycles. The Bertz CT molecular complexity index is 203. The maximum atomic E-state index is 10.3. The fourth-order valence-electron chi connectivity index (χ4n) is 1.08. The van der Waals surface area contributed by atoms with Crippen LogP contribution in [-0.2, 0) is 9.59 Å². The second kappa shape index (κ2) is 2.50. The molecule has 0 aromatic rings. The Labute approximate surface area is 62.8 Å².